The van der Waals surface area contributed by atoms with E-state index in [0.29, 0.717) is 18.7 Å². The van der Waals surface area contributed by atoms with Gasteiger partial charge in [0.05, 0.1) is 10.6 Å². The molecule has 0 fully saturated rings. The Balaban J connectivity index is 2.07. The van der Waals surface area contributed by atoms with E-state index in [9.17, 15) is 18.0 Å². The minimum absolute atomic E-state index is 0.100. The summed E-state index contributed by atoms with van der Waals surface area (Å²) in [6, 6.07) is 20.7. The monoisotopic (exact) mass is 563 g/mol. The van der Waals surface area contributed by atoms with Crippen LogP contribution in [0.15, 0.2) is 77.7 Å². The van der Waals surface area contributed by atoms with Crippen LogP contribution >= 0.6 is 0 Å². The second kappa shape index (κ2) is 13.6. The number of sulfonamides is 1. The molecule has 1 N–H and O–H groups in total. The molecule has 0 saturated heterocycles. The van der Waals surface area contributed by atoms with Gasteiger partial charge in [-0.3, -0.25) is 13.9 Å². The van der Waals surface area contributed by atoms with Crippen LogP contribution in [0.3, 0.4) is 0 Å². The number of rotatable bonds is 12. The topological polar surface area (TPSA) is 86.8 Å². The zero-order valence-electron chi connectivity index (χ0n) is 24.3. The Morgan fingerprint density at radius 1 is 0.875 bits per heavy atom. The van der Waals surface area contributed by atoms with E-state index >= 15 is 0 Å². The summed E-state index contributed by atoms with van der Waals surface area (Å²) in [5, 5.41) is 2.95. The Bertz CT molecular complexity index is 1400. The number of nitrogens with one attached hydrogen (secondary N) is 1. The van der Waals surface area contributed by atoms with Gasteiger partial charge in [0.2, 0.25) is 11.8 Å². The van der Waals surface area contributed by atoms with Crippen LogP contribution in [0.4, 0.5) is 5.69 Å². The number of carbonyl (C=O) groups is 2. The predicted octanol–water partition coefficient (Wildman–Crippen LogP) is 5.39. The SMILES string of the molecule is CCC(C(=O)NCC(C)C)N(Cc1ccccc1)C(=O)CN(c1cccc(C)c1C)S(=O)(=O)c1ccc(C)cc1. The molecule has 40 heavy (non-hydrogen) atoms. The van der Waals surface area contributed by atoms with Crippen molar-refractivity contribution in [3.8, 4) is 0 Å². The molecule has 1 unspecified atom stereocenters. The summed E-state index contributed by atoms with van der Waals surface area (Å²) in [6.07, 6.45) is 0.386. The number of aryl methyl sites for hydroxylation is 2. The van der Waals surface area contributed by atoms with Gasteiger partial charge in [-0.2, -0.15) is 0 Å². The summed E-state index contributed by atoms with van der Waals surface area (Å²) < 4.78 is 29.3. The van der Waals surface area contributed by atoms with Crippen LogP contribution in [0.5, 0.6) is 0 Å². The fourth-order valence-corrected chi connectivity index (χ4v) is 5.95. The highest BCUT2D eigenvalue weighted by atomic mass is 32.2. The van der Waals surface area contributed by atoms with Crippen LogP contribution < -0.4 is 9.62 Å². The van der Waals surface area contributed by atoms with Gasteiger partial charge in [-0.25, -0.2) is 8.42 Å². The first-order valence-corrected chi connectivity index (χ1v) is 15.2. The van der Waals surface area contributed by atoms with Gasteiger partial charge in [-0.15, -0.1) is 0 Å². The predicted molar refractivity (Wildman–Crippen MR) is 161 cm³/mol. The lowest BCUT2D eigenvalue weighted by Gasteiger charge is -2.34. The minimum Gasteiger partial charge on any atom is -0.354 e. The highest BCUT2D eigenvalue weighted by Gasteiger charge is 2.34. The first-order chi connectivity index (χ1) is 18.9. The van der Waals surface area contributed by atoms with E-state index < -0.39 is 28.5 Å². The number of benzene rings is 3. The molecule has 0 saturated carbocycles. The first-order valence-electron chi connectivity index (χ1n) is 13.7. The molecule has 0 heterocycles. The third kappa shape index (κ3) is 7.50. The summed E-state index contributed by atoms with van der Waals surface area (Å²) in [4.78, 5) is 29.0. The third-order valence-electron chi connectivity index (χ3n) is 7.00. The molecule has 3 aromatic carbocycles. The van der Waals surface area contributed by atoms with Gasteiger partial charge >= 0.3 is 0 Å². The largest absolute Gasteiger partial charge is 0.354 e. The van der Waals surface area contributed by atoms with E-state index in [1.54, 1.807) is 36.4 Å². The number of amides is 2. The highest BCUT2D eigenvalue weighted by Crippen LogP contribution is 2.29. The summed E-state index contributed by atoms with van der Waals surface area (Å²) in [5.74, 6) is -0.452. The van der Waals surface area contributed by atoms with Crippen molar-refractivity contribution in [3.05, 3.63) is 95.1 Å². The molecule has 3 aromatic rings. The Morgan fingerprint density at radius 2 is 1.52 bits per heavy atom. The minimum atomic E-state index is -4.10. The summed E-state index contributed by atoms with van der Waals surface area (Å²) >= 11 is 0. The van der Waals surface area contributed by atoms with Crippen molar-refractivity contribution in [2.75, 3.05) is 17.4 Å². The molecular formula is C32H41N3O4S. The maximum absolute atomic E-state index is 14.1. The van der Waals surface area contributed by atoms with Crippen molar-refractivity contribution in [1.82, 2.24) is 10.2 Å². The molecule has 0 aliphatic carbocycles. The molecular weight excluding hydrogens is 522 g/mol. The maximum atomic E-state index is 14.1. The van der Waals surface area contributed by atoms with Crippen LogP contribution in [-0.4, -0.2) is 44.3 Å². The van der Waals surface area contributed by atoms with Crippen LogP contribution in [0.2, 0.25) is 0 Å². The summed E-state index contributed by atoms with van der Waals surface area (Å²) in [5.41, 5.74) is 3.90. The van der Waals surface area contributed by atoms with Gasteiger partial charge in [-0.1, -0.05) is 80.9 Å². The van der Waals surface area contributed by atoms with E-state index in [1.807, 2.05) is 77.9 Å². The average molecular weight is 564 g/mol. The standard InChI is InChI=1S/C32H41N3O4S/c1-7-29(32(37)33-20-23(2)3)34(21-27-13-9-8-10-14-27)31(36)22-35(30-15-11-12-25(5)26(30)6)40(38,39)28-18-16-24(4)17-19-28/h8-19,23,29H,7,20-22H2,1-6H3,(H,33,37). The molecule has 214 valence electrons. The molecule has 3 rings (SSSR count). The van der Waals surface area contributed by atoms with Crippen molar-refractivity contribution in [2.24, 2.45) is 5.92 Å². The van der Waals surface area contributed by atoms with E-state index in [2.05, 4.69) is 5.32 Å². The normalized spacial score (nSPS) is 12.2. The van der Waals surface area contributed by atoms with E-state index in [1.165, 1.54) is 9.21 Å². The second-order valence-corrected chi connectivity index (χ2v) is 12.5. The summed E-state index contributed by atoms with van der Waals surface area (Å²) in [7, 11) is -4.10. The molecule has 0 aliphatic rings. The Hall–Kier alpha value is -3.65. The van der Waals surface area contributed by atoms with E-state index in [-0.39, 0.29) is 23.3 Å². The molecule has 1 atom stereocenters. The maximum Gasteiger partial charge on any atom is 0.264 e. The molecule has 2 amide bonds. The number of hydrogen-bond acceptors (Lipinski definition) is 4. The van der Waals surface area contributed by atoms with Crippen molar-refractivity contribution in [2.45, 2.75) is 65.4 Å². The van der Waals surface area contributed by atoms with Gasteiger partial charge in [0.15, 0.2) is 0 Å². The highest BCUT2D eigenvalue weighted by molar-refractivity contribution is 7.92. The molecule has 7 nitrogen and oxygen atoms in total. The van der Waals surface area contributed by atoms with Crippen LogP contribution in [0.25, 0.3) is 0 Å². The number of hydrogen-bond donors (Lipinski definition) is 1. The van der Waals surface area contributed by atoms with Crippen LogP contribution in [-0.2, 0) is 26.2 Å². The zero-order chi connectivity index (χ0) is 29.4. The van der Waals surface area contributed by atoms with Crippen LogP contribution in [0, 0.1) is 26.7 Å². The van der Waals surface area contributed by atoms with Gasteiger partial charge in [0.1, 0.15) is 12.6 Å². The molecule has 0 aliphatic heterocycles. The van der Waals surface area contributed by atoms with Crippen molar-refractivity contribution in [3.63, 3.8) is 0 Å². The third-order valence-corrected chi connectivity index (χ3v) is 8.77. The summed E-state index contributed by atoms with van der Waals surface area (Å²) in [6.45, 7) is 11.7. The van der Waals surface area contributed by atoms with Crippen LogP contribution in [0.1, 0.15) is 49.4 Å². The smallest absolute Gasteiger partial charge is 0.264 e. The molecule has 8 heteroatoms. The van der Waals surface area contributed by atoms with Crippen molar-refractivity contribution in [1.29, 1.82) is 0 Å². The Morgan fingerprint density at radius 3 is 2.12 bits per heavy atom. The molecule has 0 spiro atoms. The lowest BCUT2D eigenvalue weighted by molar-refractivity contribution is -0.140. The lowest BCUT2D eigenvalue weighted by Crippen LogP contribution is -2.52. The molecule has 0 bridgehead atoms. The fourth-order valence-electron chi connectivity index (χ4n) is 4.48. The van der Waals surface area contributed by atoms with Crippen molar-refractivity contribution < 1.29 is 18.0 Å². The Kier molecular flexibility index (Phi) is 10.5. The van der Waals surface area contributed by atoms with Gasteiger partial charge in [-0.05, 0) is 68.0 Å². The van der Waals surface area contributed by atoms with Gasteiger partial charge < -0.3 is 10.2 Å². The van der Waals surface area contributed by atoms with Gasteiger partial charge in [0, 0.05) is 13.1 Å². The first kappa shape index (κ1) is 30.9. The van der Waals surface area contributed by atoms with Crippen molar-refractivity contribution >= 4 is 27.5 Å². The van der Waals surface area contributed by atoms with E-state index in [0.717, 1.165) is 22.3 Å². The Labute approximate surface area is 239 Å². The molecule has 0 aromatic heterocycles. The fraction of sp³-hybridized carbons (Fsp3) is 0.375. The lowest BCUT2D eigenvalue weighted by atomic mass is 10.1. The number of carbonyl (C=O) groups excluding carboxylic acids is 2. The number of nitrogens with zero attached hydrogens (tertiary/aromatic N) is 2. The van der Waals surface area contributed by atoms with E-state index in [4.69, 9.17) is 0 Å². The molecule has 0 radical (unpaired) electrons. The quantitative estimate of drug-likeness (QED) is 0.320. The van der Waals surface area contributed by atoms with Gasteiger partial charge in [0.25, 0.3) is 10.0 Å². The zero-order valence-corrected chi connectivity index (χ0v) is 25.2. The second-order valence-electron chi connectivity index (χ2n) is 10.6. The number of anilines is 1. The average Bonchev–Trinajstić information content (AvgIpc) is 2.92.